The summed E-state index contributed by atoms with van der Waals surface area (Å²) in [5, 5.41) is 0. The minimum atomic E-state index is -0.616. The van der Waals surface area contributed by atoms with Crippen LogP contribution in [0.25, 0.3) is 5.69 Å². The van der Waals surface area contributed by atoms with E-state index in [1.165, 1.54) is 21.5 Å². The maximum absolute atomic E-state index is 11.8. The molecule has 1 aromatic heterocycles. The smallest absolute Gasteiger partial charge is 0.298 e. The monoisotopic (exact) mass is 226 g/mol. The van der Waals surface area contributed by atoms with Gasteiger partial charge >= 0.3 is 11.1 Å². The van der Waals surface area contributed by atoms with E-state index in [1.807, 2.05) is 6.07 Å². The molecule has 0 saturated heterocycles. The first-order valence-electron chi connectivity index (χ1n) is 5.05. The van der Waals surface area contributed by atoms with Crippen molar-refractivity contribution < 1.29 is 0 Å². The number of benzene rings is 1. The van der Waals surface area contributed by atoms with Gasteiger partial charge in [0, 0.05) is 18.1 Å². The fourth-order valence-electron chi connectivity index (χ4n) is 1.52. The van der Waals surface area contributed by atoms with Crippen LogP contribution in [0.4, 0.5) is 0 Å². The summed E-state index contributed by atoms with van der Waals surface area (Å²) >= 11 is 0. The van der Waals surface area contributed by atoms with Gasteiger partial charge < -0.3 is 0 Å². The Balaban J connectivity index is 2.61. The van der Waals surface area contributed by atoms with Crippen molar-refractivity contribution in [1.82, 2.24) is 9.13 Å². The molecule has 0 unspecified atom stereocenters. The van der Waals surface area contributed by atoms with Crippen LogP contribution in [0.2, 0.25) is 0 Å². The van der Waals surface area contributed by atoms with Crippen molar-refractivity contribution >= 4 is 0 Å². The summed E-state index contributed by atoms with van der Waals surface area (Å²) < 4.78 is 2.51. The lowest BCUT2D eigenvalue weighted by atomic mass is 10.3. The molecule has 0 saturated carbocycles. The van der Waals surface area contributed by atoms with Crippen LogP contribution in [-0.4, -0.2) is 9.13 Å². The third-order valence-corrected chi connectivity index (χ3v) is 2.35. The minimum absolute atomic E-state index is 0.101. The van der Waals surface area contributed by atoms with E-state index in [2.05, 4.69) is 5.92 Å². The van der Waals surface area contributed by atoms with Gasteiger partial charge in [0.25, 0.3) is 0 Å². The van der Waals surface area contributed by atoms with Crippen molar-refractivity contribution in [3.8, 4) is 18.0 Å². The van der Waals surface area contributed by atoms with Gasteiger partial charge in [-0.15, -0.1) is 6.42 Å². The van der Waals surface area contributed by atoms with Crippen molar-refractivity contribution in [3.63, 3.8) is 0 Å². The maximum atomic E-state index is 11.8. The van der Waals surface area contributed by atoms with Gasteiger partial charge in [-0.1, -0.05) is 24.1 Å². The van der Waals surface area contributed by atoms with E-state index in [0.717, 1.165) is 0 Å². The SMILES string of the molecule is C#CCn1ccn(-c2ccccc2)c(=O)c1=O. The molecule has 4 heteroatoms. The molecule has 0 aliphatic rings. The lowest BCUT2D eigenvalue weighted by Gasteiger charge is -2.06. The van der Waals surface area contributed by atoms with Crippen molar-refractivity contribution in [1.29, 1.82) is 0 Å². The zero-order chi connectivity index (χ0) is 12.3. The number of terminal acetylenes is 1. The summed E-state index contributed by atoms with van der Waals surface area (Å²) in [5.41, 5.74) is -0.564. The van der Waals surface area contributed by atoms with Crippen molar-refractivity contribution in [3.05, 3.63) is 63.4 Å². The molecule has 0 N–H and O–H groups in total. The van der Waals surface area contributed by atoms with Crippen LogP contribution in [-0.2, 0) is 6.54 Å². The number of hydrogen-bond acceptors (Lipinski definition) is 2. The van der Waals surface area contributed by atoms with Crippen LogP contribution in [0.5, 0.6) is 0 Å². The molecule has 0 fully saturated rings. The lowest BCUT2D eigenvalue weighted by Crippen LogP contribution is -2.39. The Morgan fingerprint density at radius 1 is 1.06 bits per heavy atom. The van der Waals surface area contributed by atoms with Gasteiger partial charge in [-0.25, -0.2) is 0 Å². The second-order valence-electron chi connectivity index (χ2n) is 3.45. The molecular formula is C13H10N2O2. The number of para-hydroxylation sites is 1. The van der Waals surface area contributed by atoms with E-state index < -0.39 is 11.1 Å². The first-order chi connectivity index (χ1) is 8.24. The molecule has 0 radical (unpaired) electrons. The second-order valence-corrected chi connectivity index (χ2v) is 3.45. The summed E-state index contributed by atoms with van der Waals surface area (Å²) in [6.45, 7) is 0.101. The Hall–Kier alpha value is -2.54. The quantitative estimate of drug-likeness (QED) is 0.557. The van der Waals surface area contributed by atoms with Gasteiger partial charge in [-0.05, 0) is 12.1 Å². The Kier molecular flexibility index (Phi) is 2.93. The molecule has 2 rings (SSSR count). The molecule has 84 valence electrons. The summed E-state index contributed by atoms with van der Waals surface area (Å²) in [4.78, 5) is 23.5. The van der Waals surface area contributed by atoms with Crippen molar-refractivity contribution in [2.24, 2.45) is 0 Å². The Labute approximate surface area is 97.8 Å². The Morgan fingerprint density at radius 3 is 2.41 bits per heavy atom. The topological polar surface area (TPSA) is 44.0 Å². The number of hydrogen-bond donors (Lipinski definition) is 0. The third-order valence-electron chi connectivity index (χ3n) is 2.35. The van der Waals surface area contributed by atoms with Gasteiger partial charge in [0.15, 0.2) is 0 Å². The third kappa shape index (κ3) is 2.04. The number of nitrogens with zero attached hydrogens (tertiary/aromatic N) is 2. The van der Waals surface area contributed by atoms with Crippen LogP contribution in [0.1, 0.15) is 0 Å². The van der Waals surface area contributed by atoms with E-state index in [4.69, 9.17) is 6.42 Å². The highest BCUT2D eigenvalue weighted by atomic mass is 16.2. The molecule has 0 bridgehead atoms. The first kappa shape index (κ1) is 11.0. The predicted octanol–water partition coefficient (Wildman–Crippen LogP) is 0.632. The van der Waals surface area contributed by atoms with Gasteiger partial charge in [-0.3, -0.25) is 18.7 Å². The average molecular weight is 226 g/mol. The zero-order valence-corrected chi connectivity index (χ0v) is 9.04. The van der Waals surface area contributed by atoms with Crippen molar-refractivity contribution in [2.45, 2.75) is 6.54 Å². The standard InChI is InChI=1S/C13H10N2O2/c1-2-8-14-9-10-15(13(17)12(14)16)11-6-4-3-5-7-11/h1,3-7,9-10H,8H2. The minimum Gasteiger partial charge on any atom is -0.298 e. The molecule has 17 heavy (non-hydrogen) atoms. The molecule has 2 aromatic rings. The second kappa shape index (κ2) is 4.54. The fraction of sp³-hybridized carbons (Fsp3) is 0.0769. The van der Waals surface area contributed by atoms with Crippen LogP contribution in [0, 0.1) is 12.3 Å². The van der Waals surface area contributed by atoms with Gasteiger partial charge in [-0.2, -0.15) is 0 Å². The average Bonchev–Trinajstić information content (AvgIpc) is 2.36. The molecular weight excluding hydrogens is 216 g/mol. The maximum Gasteiger partial charge on any atom is 0.321 e. The summed E-state index contributed by atoms with van der Waals surface area (Å²) in [6, 6.07) is 8.95. The predicted molar refractivity (Wildman–Crippen MR) is 65.1 cm³/mol. The van der Waals surface area contributed by atoms with Crippen LogP contribution >= 0.6 is 0 Å². The molecule has 0 amide bonds. The molecule has 1 aromatic carbocycles. The molecule has 0 atom stereocenters. The van der Waals surface area contributed by atoms with E-state index in [9.17, 15) is 9.59 Å². The van der Waals surface area contributed by atoms with Gasteiger partial charge in [0.05, 0.1) is 6.54 Å². The molecule has 4 nitrogen and oxygen atoms in total. The first-order valence-corrected chi connectivity index (χ1v) is 5.05. The normalized spacial score (nSPS) is 9.82. The van der Waals surface area contributed by atoms with Gasteiger partial charge in [0.2, 0.25) is 0 Å². The number of aromatic nitrogens is 2. The highest BCUT2D eigenvalue weighted by Gasteiger charge is 2.04. The van der Waals surface area contributed by atoms with E-state index in [0.29, 0.717) is 5.69 Å². The van der Waals surface area contributed by atoms with Crippen LogP contribution < -0.4 is 11.1 Å². The van der Waals surface area contributed by atoms with Crippen LogP contribution in [0.15, 0.2) is 52.3 Å². The van der Waals surface area contributed by atoms with Crippen LogP contribution in [0.3, 0.4) is 0 Å². The lowest BCUT2D eigenvalue weighted by molar-refractivity contribution is 0.744. The van der Waals surface area contributed by atoms with E-state index in [-0.39, 0.29) is 6.54 Å². The fourth-order valence-corrected chi connectivity index (χ4v) is 1.52. The Morgan fingerprint density at radius 2 is 1.76 bits per heavy atom. The molecule has 0 aliphatic heterocycles. The highest BCUT2D eigenvalue weighted by molar-refractivity contribution is 5.30. The highest BCUT2D eigenvalue weighted by Crippen LogP contribution is 2.01. The zero-order valence-electron chi connectivity index (χ0n) is 9.04. The summed E-state index contributed by atoms with van der Waals surface area (Å²) in [7, 11) is 0. The molecule has 1 heterocycles. The summed E-state index contributed by atoms with van der Waals surface area (Å²) in [6.07, 6.45) is 8.16. The molecule has 0 aliphatic carbocycles. The summed E-state index contributed by atoms with van der Waals surface area (Å²) in [5.74, 6) is 2.33. The Bertz CT molecular complexity index is 675. The van der Waals surface area contributed by atoms with E-state index in [1.54, 1.807) is 24.3 Å². The largest absolute Gasteiger partial charge is 0.321 e. The van der Waals surface area contributed by atoms with E-state index >= 15 is 0 Å². The molecule has 0 spiro atoms. The van der Waals surface area contributed by atoms with Gasteiger partial charge in [0.1, 0.15) is 0 Å². The van der Waals surface area contributed by atoms with Crippen molar-refractivity contribution in [2.75, 3.05) is 0 Å². The number of rotatable bonds is 2.